The van der Waals surface area contributed by atoms with E-state index in [9.17, 15) is 14.4 Å². The molecule has 0 saturated heterocycles. The van der Waals surface area contributed by atoms with Gasteiger partial charge in [-0.1, -0.05) is 12.1 Å². The lowest BCUT2D eigenvalue weighted by atomic mass is 10.1. The lowest BCUT2D eigenvalue weighted by Gasteiger charge is -2.10. The number of primary amides is 1. The Bertz CT molecular complexity index is 1080. The zero-order chi connectivity index (χ0) is 19.6. The molecule has 2 amide bonds. The van der Waals surface area contributed by atoms with Crippen LogP contribution in [-0.2, 0) is 17.8 Å². The number of amides is 2. The second-order valence-corrected chi connectivity index (χ2v) is 6.24. The Morgan fingerprint density at radius 1 is 1.15 bits per heavy atom. The monoisotopic (exact) mass is 364 g/mol. The van der Waals surface area contributed by atoms with Gasteiger partial charge in [-0.3, -0.25) is 14.4 Å². The summed E-state index contributed by atoms with van der Waals surface area (Å²) in [6.07, 6.45) is 0.156. The fourth-order valence-electron chi connectivity index (χ4n) is 2.94. The van der Waals surface area contributed by atoms with Gasteiger partial charge in [-0.25, -0.2) is 4.98 Å². The number of hydrogen-bond acceptors (Lipinski definition) is 4. The van der Waals surface area contributed by atoms with Gasteiger partial charge in [0.1, 0.15) is 5.69 Å². The van der Waals surface area contributed by atoms with Crippen molar-refractivity contribution in [1.82, 2.24) is 9.55 Å². The molecular weight excluding hydrogens is 344 g/mol. The normalized spacial score (nSPS) is 10.7. The van der Waals surface area contributed by atoms with Crippen LogP contribution in [-0.4, -0.2) is 21.4 Å². The quantitative estimate of drug-likeness (QED) is 0.722. The fourth-order valence-corrected chi connectivity index (χ4v) is 2.94. The largest absolute Gasteiger partial charge is 0.369 e. The van der Waals surface area contributed by atoms with Crippen molar-refractivity contribution in [3.8, 4) is 0 Å². The summed E-state index contributed by atoms with van der Waals surface area (Å²) in [7, 11) is 0. The molecule has 138 valence electrons. The highest BCUT2D eigenvalue weighted by molar-refractivity contribution is 6.05. The molecule has 0 aliphatic rings. The Morgan fingerprint density at radius 3 is 2.48 bits per heavy atom. The molecule has 1 heterocycles. The molecule has 7 nitrogen and oxygen atoms in total. The number of nitrogens with two attached hydrogens (primary N) is 1. The van der Waals surface area contributed by atoms with Crippen LogP contribution in [0, 0.1) is 6.92 Å². The third kappa shape index (κ3) is 3.87. The van der Waals surface area contributed by atoms with Gasteiger partial charge in [0.2, 0.25) is 5.91 Å². The molecule has 0 unspecified atom stereocenters. The molecule has 3 rings (SSSR count). The first-order valence-electron chi connectivity index (χ1n) is 8.59. The van der Waals surface area contributed by atoms with Gasteiger partial charge in [0.05, 0.1) is 17.5 Å². The Hall–Kier alpha value is -3.48. The number of nitrogens with one attached hydrogen (secondary N) is 1. The summed E-state index contributed by atoms with van der Waals surface area (Å²) in [5, 5.41) is 2.81. The molecule has 3 aromatic rings. The number of rotatable bonds is 5. The molecule has 1 aromatic heterocycles. The van der Waals surface area contributed by atoms with Gasteiger partial charge in [0.25, 0.3) is 11.5 Å². The first kappa shape index (κ1) is 18.3. The van der Waals surface area contributed by atoms with Gasteiger partial charge in [0.15, 0.2) is 0 Å². The van der Waals surface area contributed by atoms with Gasteiger partial charge in [0, 0.05) is 17.8 Å². The summed E-state index contributed by atoms with van der Waals surface area (Å²) < 4.78 is 1.64. The van der Waals surface area contributed by atoms with Crippen molar-refractivity contribution in [2.24, 2.45) is 5.73 Å². The van der Waals surface area contributed by atoms with Crippen molar-refractivity contribution >= 4 is 28.5 Å². The lowest BCUT2D eigenvalue weighted by molar-refractivity contribution is -0.117. The summed E-state index contributed by atoms with van der Waals surface area (Å²) in [6.45, 7) is 4.08. The maximum absolute atomic E-state index is 12.5. The van der Waals surface area contributed by atoms with Crippen LogP contribution in [0.4, 0.5) is 5.69 Å². The molecule has 0 saturated carbocycles. The molecule has 0 fully saturated rings. The highest BCUT2D eigenvalue weighted by Gasteiger charge is 2.11. The highest BCUT2D eigenvalue weighted by atomic mass is 16.2. The zero-order valence-electron chi connectivity index (χ0n) is 15.2. The van der Waals surface area contributed by atoms with Crippen molar-refractivity contribution in [2.75, 3.05) is 5.32 Å². The number of benzene rings is 2. The van der Waals surface area contributed by atoms with E-state index >= 15 is 0 Å². The zero-order valence-corrected chi connectivity index (χ0v) is 15.2. The van der Waals surface area contributed by atoms with E-state index in [0.717, 1.165) is 5.56 Å². The van der Waals surface area contributed by atoms with Crippen LogP contribution in [0.3, 0.4) is 0 Å². The van der Waals surface area contributed by atoms with Crippen molar-refractivity contribution in [1.29, 1.82) is 0 Å². The van der Waals surface area contributed by atoms with Crippen LogP contribution in [0.2, 0.25) is 0 Å². The Morgan fingerprint density at radius 2 is 1.85 bits per heavy atom. The molecule has 0 aliphatic carbocycles. The third-order valence-corrected chi connectivity index (χ3v) is 4.28. The number of aromatic nitrogens is 2. The lowest BCUT2D eigenvalue weighted by Crippen LogP contribution is -2.23. The average Bonchev–Trinajstić information content (AvgIpc) is 2.63. The molecular formula is C20H20N4O3. The minimum absolute atomic E-state index is 0.127. The van der Waals surface area contributed by atoms with Gasteiger partial charge >= 0.3 is 0 Å². The van der Waals surface area contributed by atoms with Gasteiger partial charge in [-0.15, -0.1) is 0 Å². The molecule has 27 heavy (non-hydrogen) atoms. The first-order chi connectivity index (χ1) is 12.9. The van der Waals surface area contributed by atoms with Crippen LogP contribution in [0.25, 0.3) is 11.0 Å². The van der Waals surface area contributed by atoms with Crippen molar-refractivity contribution < 1.29 is 9.59 Å². The van der Waals surface area contributed by atoms with Crippen molar-refractivity contribution in [3.63, 3.8) is 0 Å². The van der Waals surface area contributed by atoms with E-state index < -0.39 is 5.91 Å². The van der Waals surface area contributed by atoms with Crippen LogP contribution < -0.4 is 16.6 Å². The van der Waals surface area contributed by atoms with Crippen LogP contribution in [0.5, 0.6) is 0 Å². The summed E-state index contributed by atoms with van der Waals surface area (Å²) >= 11 is 0. The number of nitrogens with zero attached hydrogens (tertiary/aromatic N) is 2. The predicted octanol–water partition coefficient (Wildman–Crippen LogP) is 2.00. The average molecular weight is 364 g/mol. The maximum atomic E-state index is 12.5. The van der Waals surface area contributed by atoms with Crippen molar-refractivity contribution in [2.45, 2.75) is 26.8 Å². The first-order valence-corrected chi connectivity index (χ1v) is 8.59. The van der Waals surface area contributed by atoms with Crippen molar-refractivity contribution in [3.05, 3.63) is 69.6 Å². The van der Waals surface area contributed by atoms with E-state index in [-0.39, 0.29) is 17.9 Å². The molecule has 7 heteroatoms. The maximum Gasteiger partial charge on any atom is 0.272 e. The second-order valence-electron chi connectivity index (χ2n) is 6.24. The Kier molecular flexibility index (Phi) is 5.03. The Labute approximate surface area is 155 Å². The molecule has 0 spiro atoms. The van der Waals surface area contributed by atoms with Crippen LogP contribution in [0.15, 0.2) is 47.3 Å². The summed E-state index contributed by atoms with van der Waals surface area (Å²) in [6, 6.07) is 12.0. The minimum Gasteiger partial charge on any atom is -0.369 e. The van der Waals surface area contributed by atoms with E-state index in [2.05, 4.69) is 10.3 Å². The molecule has 0 aliphatic heterocycles. The summed E-state index contributed by atoms with van der Waals surface area (Å²) in [4.78, 5) is 40.0. The number of carbonyl (C=O) groups excluding carboxylic acids is 2. The summed E-state index contributed by atoms with van der Waals surface area (Å²) in [5.74, 6) is -0.690. The molecule has 0 atom stereocenters. The number of aryl methyl sites for hydroxylation is 2. The van der Waals surface area contributed by atoms with E-state index in [1.54, 1.807) is 54.0 Å². The molecule has 2 aromatic carbocycles. The molecule has 0 bridgehead atoms. The number of hydrogen-bond donors (Lipinski definition) is 2. The Balaban J connectivity index is 1.86. The molecule has 3 N–H and O–H groups in total. The smallest absolute Gasteiger partial charge is 0.272 e. The highest BCUT2D eigenvalue weighted by Crippen LogP contribution is 2.16. The standard InChI is InChI=1S/C20H20N4O3/c1-3-24-17-9-6-14(11-16(17)22-12(2)20(24)27)19(26)23-15-7-4-13(5-8-15)10-18(21)25/h4-9,11H,3,10H2,1-2H3,(H2,21,25)(H,23,26). The fraction of sp³-hybridized carbons (Fsp3) is 0.200. The molecule has 0 radical (unpaired) electrons. The number of carbonyl (C=O) groups is 2. The SMILES string of the molecule is CCn1c(=O)c(C)nc2cc(C(=O)Nc3ccc(CC(N)=O)cc3)ccc21. The van der Waals surface area contributed by atoms with Gasteiger partial charge in [-0.2, -0.15) is 0 Å². The second kappa shape index (κ2) is 7.41. The minimum atomic E-state index is -0.406. The summed E-state index contributed by atoms with van der Waals surface area (Å²) in [5.41, 5.74) is 8.56. The van der Waals surface area contributed by atoms with E-state index in [0.29, 0.717) is 34.5 Å². The van der Waals surface area contributed by atoms with E-state index in [4.69, 9.17) is 5.73 Å². The van der Waals surface area contributed by atoms with E-state index in [1.165, 1.54) is 0 Å². The topological polar surface area (TPSA) is 107 Å². The van der Waals surface area contributed by atoms with E-state index in [1.807, 2.05) is 6.92 Å². The number of fused-ring (bicyclic) bond motifs is 1. The third-order valence-electron chi connectivity index (χ3n) is 4.28. The van der Waals surface area contributed by atoms with Crippen LogP contribution in [0.1, 0.15) is 28.5 Å². The van der Waals surface area contributed by atoms with Crippen LogP contribution >= 0.6 is 0 Å². The predicted molar refractivity (Wildman–Crippen MR) is 104 cm³/mol. The van der Waals surface area contributed by atoms with Gasteiger partial charge < -0.3 is 15.6 Å². The van der Waals surface area contributed by atoms with Gasteiger partial charge in [-0.05, 0) is 49.7 Å². The number of anilines is 1.